The van der Waals surface area contributed by atoms with Crippen molar-refractivity contribution in [3.05, 3.63) is 0 Å². The molecule has 3 aliphatic heterocycles. The molecule has 3 rings (SSSR count). The first-order valence-corrected chi connectivity index (χ1v) is 10.5. The number of hydrogen-bond acceptors (Lipinski definition) is 7. The third kappa shape index (κ3) is 5.88. The SMILES string of the molecule is C[C@H]1OCCC(C)(C)O[C@H]1CCOCC1OC(C)(C)OC1[C@@H]1COC(C)(C)O1. The second-order valence-corrected chi connectivity index (χ2v) is 9.61. The first-order chi connectivity index (χ1) is 13.0. The molecule has 7 heteroatoms. The Bertz CT molecular complexity index is 519. The minimum absolute atomic E-state index is 0.0258. The second-order valence-electron chi connectivity index (χ2n) is 9.61. The van der Waals surface area contributed by atoms with Crippen molar-refractivity contribution in [2.45, 2.75) is 109 Å². The van der Waals surface area contributed by atoms with Gasteiger partial charge in [0, 0.05) is 13.2 Å². The van der Waals surface area contributed by atoms with E-state index in [1.165, 1.54) is 0 Å². The van der Waals surface area contributed by atoms with Crippen LogP contribution in [0, 0.1) is 0 Å². The van der Waals surface area contributed by atoms with Gasteiger partial charge in [0.1, 0.15) is 18.3 Å². The fourth-order valence-corrected chi connectivity index (χ4v) is 4.04. The van der Waals surface area contributed by atoms with Crippen molar-refractivity contribution in [2.24, 2.45) is 0 Å². The van der Waals surface area contributed by atoms with E-state index in [2.05, 4.69) is 20.8 Å². The lowest BCUT2D eigenvalue weighted by Crippen LogP contribution is -2.40. The first kappa shape index (κ1) is 22.4. The summed E-state index contributed by atoms with van der Waals surface area (Å²) in [5, 5.41) is 0. The summed E-state index contributed by atoms with van der Waals surface area (Å²) in [5.41, 5.74) is -0.167. The second kappa shape index (κ2) is 8.46. The van der Waals surface area contributed by atoms with E-state index in [-0.39, 0.29) is 36.1 Å². The first-order valence-electron chi connectivity index (χ1n) is 10.5. The van der Waals surface area contributed by atoms with Gasteiger partial charge in [-0.1, -0.05) is 0 Å². The Hall–Kier alpha value is -0.280. The van der Waals surface area contributed by atoms with Crippen LogP contribution in [0.15, 0.2) is 0 Å². The van der Waals surface area contributed by atoms with Gasteiger partial charge in [0.25, 0.3) is 0 Å². The summed E-state index contributed by atoms with van der Waals surface area (Å²) in [6.45, 7) is 16.2. The maximum absolute atomic E-state index is 6.24. The molecule has 0 aromatic rings. The molecule has 7 nitrogen and oxygen atoms in total. The Balaban J connectivity index is 1.48. The van der Waals surface area contributed by atoms with Crippen molar-refractivity contribution in [3.8, 4) is 0 Å². The van der Waals surface area contributed by atoms with E-state index in [9.17, 15) is 0 Å². The van der Waals surface area contributed by atoms with Crippen molar-refractivity contribution in [3.63, 3.8) is 0 Å². The predicted octanol–water partition coefficient (Wildman–Crippen LogP) is 3.04. The molecule has 0 radical (unpaired) electrons. The van der Waals surface area contributed by atoms with Crippen LogP contribution in [0.4, 0.5) is 0 Å². The van der Waals surface area contributed by atoms with Gasteiger partial charge in [-0.2, -0.15) is 0 Å². The monoisotopic (exact) mass is 402 g/mol. The van der Waals surface area contributed by atoms with Crippen molar-refractivity contribution in [2.75, 3.05) is 26.4 Å². The van der Waals surface area contributed by atoms with E-state index in [1.54, 1.807) is 0 Å². The molecule has 0 aromatic carbocycles. The molecule has 28 heavy (non-hydrogen) atoms. The van der Waals surface area contributed by atoms with Crippen molar-refractivity contribution in [1.29, 1.82) is 0 Å². The fraction of sp³-hybridized carbons (Fsp3) is 1.00. The lowest BCUT2D eigenvalue weighted by atomic mass is 10.1. The van der Waals surface area contributed by atoms with E-state index in [0.717, 1.165) is 19.4 Å². The Kier molecular flexibility index (Phi) is 6.77. The third-order valence-corrected chi connectivity index (χ3v) is 5.53. The standard InChI is InChI=1S/C21H38O7/c1-14-15(25-19(2,3)9-11-23-14)8-10-22-12-16-18(28-21(6,7)27-16)17-13-24-20(4,5)26-17/h14-18H,8-13H2,1-7H3/t14-,15+,16?,17+,18?/m1/s1. The predicted molar refractivity (Wildman–Crippen MR) is 103 cm³/mol. The van der Waals surface area contributed by atoms with E-state index in [1.807, 2.05) is 27.7 Å². The summed E-state index contributed by atoms with van der Waals surface area (Å²) in [5.74, 6) is -1.25. The molecule has 164 valence electrons. The van der Waals surface area contributed by atoms with Crippen LogP contribution < -0.4 is 0 Å². The van der Waals surface area contributed by atoms with Crippen molar-refractivity contribution >= 4 is 0 Å². The number of rotatable bonds is 6. The highest BCUT2D eigenvalue weighted by molar-refractivity contribution is 4.90. The molecule has 5 atom stereocenters. The van der Waals surface area contributed by atoms with Gasteiger partial charge in [0.2, 0.25) is 0 Å². The Morgan fingerprint density at radius 2 is 1.64 bits per heavy atom. The van der Waals surface area contributed by atoms with Crippen LogP contribution in [0.5, 0.6) is 0 Å². The third-order valence-electron chi connectivity index (χ3n) is 5.53. The lowest BCUT2D eigenvalue weighted by molar-refractivity contribution is -0.175. The van der Waals surface area contributed by atoms with Crippen LogP contribution in [0.3, 0.4) is 0 Å². The van der Waals surface area contributed by atoms with Gasteiger partial charge in [-0.25, -0.2) is 0 Å². The molecule has 0 amide bonds. The van der Waals surface area contributed by atoms with Crippen molar-refractivity contribution < 1.29 is 33.2 Å². The van der Waals surface area contributed by atoms with Crippen LogP contribution in [-0.2, 0) is 33.2 Å². The molecule has 3 aliphatic rings. The summed E-state index contributed by atoms with van der Waals surface area (Å²) in [6, 6.07) is 0. The van der Waals surface area contributed by atoms with Gasteiger partial charge in [-0.3, -0.25) is 0 Å². The Morgan fingerprint density at radius 3 is 2.32 bits per heavy atom. The van der Waals surface area contributed by atoms with Gasteiger partial charge in [0.15, 0.2) is 11.6 Å². The van der Waals surface area contributed by atoms with Gasteiger partial charge in [0.05, 0.1) is 31.0 Å². The molecule has 3 fully saturated rings. The summed E-state index contributed by atoms with van der Waals surface area (Å²) >= 11 is 0. The Labute approximate surface area is 169 Å². The summed E-state index contributed by atoms with van der Waals surface area (Å²) in [4.78, 5) is 0. The minimum atomic E-state index is -0.661. The van der Waals surface area contributed by atoms with Crippen LogP contribution in [0.2, 0.25) is 0 Å². The molecule has 0 spiro atoms. The number of hydrogen-bond donors (Lipinski definition) is 0. The number of ether oxygens (including phenoxy) is 7. The van der Waals surface area contributed by atoms with Gasteiger partial charge >= 0.3 is 0 Å². The van der Waals surface area contributed by atoms with Crippen LogP contribution in [0.1, 0.15) is 61.3 Å². The van der Waals surface area contributed by atoms with Gasteiger partial charge in [-0.15, -0.1) is 0 Å². The molecule has 3 heterocycles. The molecule has 0 N–H and O–H groups in total. The highest BCUT2D eigenvalue weighted by Crippen LogP contribution is 2.35. The zero-order chi connectivity index (χ0) is 20.6. The molecule has 0 saturated carbocycles. The molecule has 3 saturated heterocycles. The maximum atomic E-state index is 6.24. The molecule has 0 aliphatic carbocycles. The molecule has 0 aromatic heterocycles. The summed E-state index contributed by atoms with van der Waals surface area (Å²) in [6.07, 6.45) is 1.20. The fourth-order valence-electron chi connectivity index (χ4n) is 4.04. The van der Waals surface area contributed by atoms with Crippen LogP contribution in [-0.4, -0.2) is 74.1 Å². The smallest absolute Gasteiger partial charge is 0.164 e. The van der Waals surface area contributed by atoms with Crippen molar-refractivity contribution in [1.82, 2.24) is 0 Å². The van der Waals surface area contributed by atoms with E-state index in [4.69, 9.17) is 33.2 Å². The maximum Gasteiger partial charge on any atom is 0.164 e. The summed E-state index contributed by atoms with van der Waals surface area (Å²) in [7, 11) is 0. The van der Waals surface area contributed by atoms with E-state index in [0.29, 0.717) is 19.8 Å². The topological polar surface area (TPSA) is 64.6 Å². The molecular formula is C21H38O7. The molecular weight excluding hydrogens is 364 g/mol. The minimum Gasteiger partial charge on any atom is -0.379 e. The van der Waals surface area contributed by atoms with E-state index >= 15 is 0 Å². The largest absolute Gasteiger partial charge is 0.379 e. The molecule has 2 unspecified atom stereocenters. The average molecular weight is 403 g/mol. The highest BCUT2D eigenvalue weighted by Gasteiger charge is 2.49. The Morgan fingerprint density at radius 1 is 0.893 bits per heavy atom. The zero-order valence-electron chi connectivity index (χ0n) is 18.5. The average Bonchev–Trinajstić information content (AvgIpc) is 3.03. The highest BCUT2D eigenvalue weighted by atomic mass is 16.8. The normalized spacial score (nSPS) is 39.8. The van der Waals surface area contributed by atoms with Gasteiger partial charge in [-0.05, 0) is 61.3 Å². The zero-order valence-corrected chi connectivity index (χ0v) is 18.5. The van der Waals surface area contributed by atoms with Crippen LogP contribution in [0.25, 0.3) is 0 Å². The van der Waals surface area contributed by atoms with E-state index < -0.39 is 11.6 Å². The van der Waals surface area contributed by atoms with Crippen LogP contribution >= 0.6 is 0 Å². The lowest BCUT2D eigenvalue weighted by Gasteiger charge is -2.29. The summed E-state index contributed by atoms with van der Waals surface area (Å²) < 4.78 is 41.9. The quantitative estimate of drug-likeness (QED) is 0.633. The van der Waals surface area contributed by atoms with Gasteiger partial charge < -0.3 is 33.2 Å². The molecule has 0 bridgehead atoms.